The molecule has 226 valence electrons. The maximum atomic E-state index is 15.4. The van der Waals surface area contributed by atoms with Crippen LogP contribution in [0.1, 0.15) is 0 Å². The summed E-state index contributed by atoms with van der Waals surface area (Å²) < 4.78 is 126. The minimum atomic E-state index is -7.33. The summed E-state index contributed by atoms with van der Waals surface area (Å²) in [6.07, 6.45) is -14.0. The Kier molecular flexibility index (Phi) is 7.55. The van der Waals surface area contributed by atoms with Crippen molar-refractivity contribution in [3.05, 3.63) is 115 Å². The van der Waals surface area contributed by atoms with E-state index in [1.165, 1.54) is 86.0 Å². The van der Waals surface area contributed by atoms with Gasteiger partial charge in [-0.1, -0.05) is 0 Å². The molecule has 4 aromatic rings. The van der Waals surface area contributed by atoms with E-state index in [0.717, 1.165) is 36.4 Å². The van der Waals surface area contributed by atoms with Crippen LogP contribution in [-0.4, -0.2) is 30.8 Å². The van der Waals surface area contributed by atoms with Gasteiger partial charge in [-0.2, -0.15) is 0 Å². The van der Waals surface area contributed by atoms with E-state index in [1.807, 2.05) is 0 Å². The van der Waals surface area contributed by atoms with E-state index in [0.29, 0.717) is 5.75 Å². The normalized spacial score (nSPS) is 17.7. The van der Waals surface area contributed by atoms with Crippen molar-refractivity contribution >= 4 is 13.6 Å². The van der Waals surface area contributed by atoms with Crippen LogP contribution < -0.4 is 23.0 Å². The van der Waals surface area contributed by atoms with Crippen molar-refractivity contribution < 1.29 is 53.9 Å². The Morgan fingerprint density at radius 3 is 1.28 bits per heavy atom. The Bertz CT molecular complexity index is 1450. The number of aliphatic imine (C=N–C) groups is 1. The molecule has 0 N–H and O–H groups in total. The molecule has 0 aromatic heterocycles. The summed E-state index contributed by atoms with van der Waals surface area (Å²) in [4.78, 5) is 3.09. The van der Waals surface area contributed by atoms with Crippen LogP contribution in [0.3, 0.4) is 0 Å². The molecule has 4 aromatic carbocycles. The predicted octanol–water partition coefficient (Wildman–Crippen LogP) is 8.73. The third-order valence-electron chi connectivity index (χ3n) is 6.09. The first kappa shape index (κ1) is 29.8. The quantitative estimate of drug-likeness (QED) is 0.144. The molecule has 0 amide bonds. The molecule has 0 radical (unpaired) electrons. The van der Waals surface area contributed by atoms with Crippen molar-refractivity contribution in [2.45, 2.75) is 17.6 Å². The van der Waals surface area contributed by atoms with Crippen LogP contribution in [0.2, 0.25) is 0 Å². The standard InChI is InChI=1S/C29H22F6NO6P/c1-37-21-17-19-22(20-18-21)38-26-36-27(28(30,31)32,29(33,34)35)43(42-26,39-23-11-5-2-6-12-23,40-24-13-7-3-8-14-24)41-25-15-9-4-10-16-25/h2-20H,1H3. The number of halogens is 6. The molecule has 0 fully saturated rings. The number of rotatable bonds is 8. The van der Waals surface area contributed by atoms with Crippen molar-refractivity contribution in [2.75, 3.05) is 7.11 Å². The average molecular weight is 625 g/mol. The van der Waals surface area contributed by atoms with Crippen molar-refractivity contribution in [2.24, 2.45) is 4.99 Å². The summed E-state index contributed by atoms with van der Waals surface area (Å²) in [5.74, 6) is -1.37. The second-order valence-corrected chi connectivity index (χ2v) is 11.9. The third-order valence-corrected chi connectivity index (χ3v) is 9.80. The fourth-order valence-corrected chi connectivity index (χ4v) is 7.85. The van der Waals surface area contributed by atoms with Gasteiger partial charge in [0.1, 0.15) is 0 Å². The Morgan fingerprint density at radius 2 is 0.930 bits per heavy atom. The average Bonchev–Trinajstić information content (AvgIpc) is 3.25. The maximum absolute atomic E-state index is 15.4. The molecule has 1 heterocycles. The Balaban J connectivity index is 1.84. The fraction of sp³-hybridized carbons (Fsp3) is 0.138. The zero-order valence-electron chi connectivity index (χ0n) is 22.1. The molecule has 7 nitrogen and oxygen atoms in total. The number of methoxy groups -OCH3 is 1. The van der Waals surface area contributed by atoms with E-state index in [9.17, 15) is 0 Å². The fourth-order valence-electron chi connectivity index (χ4n) is 4.22. The number of alkyl halides is 6. The van der Waals surface area contributed by atoms with Crippen molar-refractivity contribution in [1.82, 2.24) is 0 Å². The zero-order valence-corrected chi connectivity index (χ0v) is 23.0. The van der Waals surface area contributed by atoms with E-state index >= 15 is 26.3 Å². The molecule has 0 unspecified atom stereocenters. The number of hydrogen-bond acceptors (Lipinski definition) is 7. The number of benzene rings is 4. The number of ether oxygens (including phenoxy) is 2. The Morgan fingerprint density at radius 1 is 0.558 bits per heavy atom. The van der Waals surface area contributed by atoms with Gasteiger partial charge in [0.05, 0.1) is 0 Å². The Hall–Kier alpha value is -4.64. The topological polar surface area (TPSA) is 67.7 Å². The zero-order chi connectivity index (χ0) is 30.8. The number of para-hydroxylation sites is 3. The molecule has 43 heavy (non-hydrogen) atoms. The van der Waals surface area contributed by atoms with Crippen LogP contribution in [0, 0.1) is 0 Å². The molecule has 0 saturated heterocycles. The molecule has 1 aliphatic rings. The van der Waals surface area contributed by atoms with Crippen molar-refractivity contribution in [1.29, 1.82) is 0 Å². The molecular weight excluding hydrogens is 603 g/mol. The summed E-state index contributed by atoms with van der Waals surface area (Å²) in [6, 6.07) is 24.4. The van der Waals surface area contributed by atoms with Crippen molar-refractivity contribution in [3.63, 3.8) is 0 Å². The van der Waals surface area contributed by atoms with Gasteiger partial charge in [0.15, 0.2) is 0 Å². The summed E-state index contributed by atoms with van der Waals surface area (Å²) in [5.41, 5.74) is 0. The van der Waals surface area contributed by atoms with Crippen LogP contribution in [-0.2, 0) is 4.52 Å². The van der Waals surface area contributed by atoms with E-state index < -0.39 is 48.5 Å². The summed E-state index contributed by atoms with van der Waals surface area (Å²) >= 11 is 0. The van der Waals surface area contributed by atoms with Gasteiger partial charge < -0.3 is 0 Å². The molecular formula is C29H22F6NO6P. The first-order chi connectivity index (χ1) is 20.4. The minimum absolute atomic E-state index is 0.226. The first-order valence-corrected chi connectivity index (χ1v) is 14.3. The van der Waals surface area contributed by atoms with E-state index in [2.05, 4.69) is 4.99 Å². The molecule has 5 rings (SSSR count). The number of hydrogen-bond donors (Lipinski definition) is 0. The van der Waals surface area contributed by atoms with Crippen LogP contribution >= 0.6 is 7.51 Å². The molecule has 14 heteroatoms. The van der Waals surface area contributed by atoms with Gasteiger partial charge in [0.2, 0.25) is 0 Å². The van der Waals surface area contributed by atoms with Crippen LogP contribution in [0.4, 0.5) is 26.3 Å². The Labute approximate surface area is 241 Å². The van der Waals surface area contributed by atoms with Gasteiger partial charge in [-0.25, -0.2) is 0 Å². The molecule has 0 atom stereocenters. The summed E-state index contributed by atoms with van der Waals surface area (Å²) in [5, 5.41) is -5.28. The SMILES string of the molecule is COc1ccc(OC2=NC(C(F)(F)F)(C(F)(F)F)P(Oc3ccccc3)(Oc3ccccc3)(Oc3ccccc3)O2)cc1. The van der Waals surface area contributed by atoms with Crippen LogP contribution in [0.25, 0.3) is 0 Å². The molecule has 0 bridgehead atoms. The summed E-state index contributed by atoms with van der Waals surface area (Å²) in [7, 11) is -5.96. The van der Waals surface area contributed by atoms with E-state index in [-0.39, 0.29) is 5.75 Å². The monoisotopic (exact) mass is 625 g/mol. The van der Waals surface area contributed by atoms with Gasteiger partial charge in [0, 0.05) is 0 Å². The summed E-state index contributed by atoms with van der Waals surface area (Å²) in [6.45, 7) is 0. The van der Waals surface area contributed by atoms with Gasteiger partial charge in [0.25, 0.3) is 0 Å². The molecule has 1 aliphatic heterocycles. The van der Waals surface area contributed by atoms with Gasteiger partial charge in [-0.3, -0.25) is 0 Å². The van der Waals surface area contributed by atoms with E-state index in [4.69, 9.17) is 27.6 Å². The predicted molar refractivity (Wildman–Crippen MR) is 145 cm³/mol. The van der Waals surface area contributed by atoms with Gasteiger partial charge >= 0.3 is 241 Å². The van der Waals surface area contributed by atoms with Crippen LogP contribution in [0.15, 0.2) is 120 Å². The van der Waals surface area contributed by atoms with Gasteiger partial charge in [-0.15, -0.1) is 0 Å². The van der Waals surface area contributed by atoms with Crippen LogP contribution in [0.5, 0.6) is 28.7 Å². The number of nitrogens with zero attached hydrogens (tertiary/aromatic N) is 1. The van der Waals surface area contributed by atoms with Gasteiger partial charge in [-0.05, 0) is 0 Å². The molecule has 0 aliphatic carbocycles. The third kappa shape index (κ3) is 5.25. The molecule has 0 spiro atoms. The van der Waals surface area contributed by atoms with Crippen molar-refractivity contribution in [3.8, 4) is 28.7 Å². The second-order valence-electron chi connectivity index (χ2n) is 8.94. The first-order valence-electron chi connectivity index (χ1n) is 12.4. The van der Waals surface area contributed by atoms with E-state index in [1.54, 1.807) is 0 Å². The second kappa shape index (κ2) is 10.9. The molecule has 0 saturated carbocycles.